The molecule has 2 aromatic carbocycles. The zero-order chi connectivity index (χ0) is 19.1. The number of aromatic nitrogens is 3. The minimum Gasteiger partial charge on any atom is -0.493 e. The average molecular weight is 366 g/mol. The normalized spacial score (nSPS) is 10.9. The fourth-order valence-corrected chi connectivity index (χ4v) is 2.48. The van der Waals surface area contributed by atoms with Crippen molar-refractivity contribution in [1.82, 2.24) is 14.9 Å². The van der Waals surface area contributed by atoms with Crippen LogP contribution in [-0.2, 0) is 13.0 Å². The number of benzene rings is 2. The standard InChI is InChI=1S/C19H22N6O2/c1-3-17-22-24-19(25(17)20)23-21-12-15-10-7-11-16(26-2)18(15)27-13-14-8-5-4-6-9-14/h4-12H,3,13,20H2,1-2H3,(H,23,24). The lowest BCUT2D eigenvalue weighted by Crippen LogP contribution is -2.15. The zero-order valence-electron chi connectivity index (χ0n) is 15.3. The summed E-state index contributed by atoms with van der Waals surface area (Å²) in [7, 11) is 1.60. The van der Waals surface area contributed by atoms with E-state index in [1.165, 1.54) is 4.68 Å². The van der Waals surface area contributed by atoms with Crippen molar-refractivity contribution in [3.05, 3.63) is 65.5 Å². The highest BCUT2D eigenvalue weighted by Gasteiger charge is 2.10. The fourth-order valence-electron chi connectivity index (χ4n) is 2.48. The summed E-state index contributed by atoms with van der Waals surface area (Å²) in [5, 5.41) is 12.1. The number of hydrogen-bond donors (Lipinski definition) is 2. The largest absolute Gasteiger partial charge is 0.493 e. The Morgan fingerprint density at radius 3 is 2.67 bits per heavy atom. The van der Waals surface area contributed by atoms with E-state index in [2.05, 4.69) is 20.7 Å². The molecule has 0 aliphatic heterocycles. The summed E-state index contributed by atoms with van der Waals surface area (Å²) in [5.41, 5.74) is 4.62. The quantitative estimate of drug-likeness (QED) is 0.361. The molecule has 0 amide bonds. The number of nitrogens with one attached hydrogen (secondary N) is 1. The molecule has 0 unspecified atom stereocenters. The molecule has 3 aromatic rings. The van der Waals surface area contributed by atoms with E-state index in [-0.39, 0.29) is 0 Å². The lowest BCUT2D eigenvalue weighted by atomic mass is 10.2. The first-order valence-corrected chi connectivity index (χ1v) is 8.55. The molecule has 0 saturated heterocycles. The number of hydrogen-bond acceptors (Lipinski definition) is 7. The second kappa shape index (κ2) is 8.70. The monoisotopic (exact) mass is 366 g/mol. The summed E-state index contributed by atoms with van der Waals surface area (Å²) in [6.07, 6.45) is 2.31. The highest BCUT2D eigenvalue weighted by atomic mass is 16.5. The summed E-state index contributed by atoms with van der Waals surface area (Å²) in [5.74, 6) is 8.16. The Kier molecular flexibility index (Phi) is 5.88. The van der Waals surface area contributed by atoms with E-state index >= 15 is 0 Å². The SMILES string of the molecule is CCc1nnc(NN=Cc2cccc(OC)c2OCc2ccccc2)n1N. The number of para-hydroxylation sites is 1. The van der Waals surface area contributed by atoms with Crippen LogP contribution in [0.4, 0.5) is 5.95 Å². The van der Waals surface area contributed by atoms with Crippen LogP contribution in [0, 0.1) is 0 Å². The summed E-state index contributed by atoms with van der Waals surface area (Å²) < 4.78 is 12.8. The van der Waals surface area contributed by atoms with E-state index in [0.717, 1.165) is 11.1 Å². The molecular formula is C19H22N6O2. The van der Waals surface area contributed by atoms with Gasteiger partial charge in [-0.2, -0.15) is 5.10 Å². The maximum Gasteiger partial charge on any atom is 0.263 e. The molecule has 1 heterocycles. The van der Waals surface area contributed by atoms with Crippen LogP contribution < -0.4 is 20.7 Å². The van der Waals surface area contributed by atoms with E-state index in [9.17, 15) is 0 Å². The van der Waals surface area contributed by atoms with Crippen molar-refractivity contribution < 1.29 is 9.47 Å². The van der Waals surface area contributed by atoms with Crippen molar-refractivity contribution in [2.75, 3.05) is 18.4 Å². The highest BCUT2D eigenvalue weighted by Crippen LogP contribution is 2.30. The number of hydrazone groups is 1. The molecule has 8 nitrogen and oxygen atoms in total. The van der Waals surface area contributed by atoms with Gasteiger partial charge in [0.1, 0.15) is 6.61 Å². The second-order valence-electron chi connectivity index (χ2n) is 5.69. The Bertz CT molecular complexity index is 908. The van der Waals surface area contributed by atoms with E-state index < -0.39 is 0 Å². The van der Waals surface area contributed by atoms with Gasteiger partial charge >= 0.3 is 0 Å². The molecule has 0 radical (unpaired) electrons. The van der Waals surface area contributed by atoms with E-state index in [1.807, 2.05) is 55.5 Å². The number of nitrogens with zero attached hydrogens (tertiary/aromatic N) is 4. The van der Waals surface area contributed by atoms with Gasteiger partial charge in [-0.05, 0) is 17.7 Å². The molecule has 0 atom stereocenters. The van der Waals surface area contributed by atoms with Crippen LogP contribution in [0.15, 0.2) is 53.6 Å². The fraction of sp³-hybridized carbons (Fsp3) is 0.211. The van der Waals surface area contributed by atoms with Crippen molar-refractivity contribution in [3.8, 4) is 11.5 Å². The van der Waals surface area contributed by atoms with Crippen LogP contribution >= 0.6 is 0 Å². The number of nitrogen functional groups attached to an aromatic ring is 1. The minimum absolute atomic E-state index is 0.359. The molecule has 0 fully saturated rings. The Morgan fingerprint density at radius 1 is 1.15 bits per heavy atom. The molecule has 0 aliphatic carbocycles. The first-order valence-electron chi connectivity index (χ1n) is 8.55. The Hall–Kier alpha value is -3.55. The summed E-state index contributed by atoms with van der Waals surface area (Å²) in [6, 6.07) is 15.5. The predicted molar refractivity (Wildman–Crippen MR) is 105 cm³/mol. The van der Waals surface area contributed by atoms with Gasteiger partial charge in [0.15, 0.2) is 17.3 Å². The van der Waals surface area contributed by atoms with Crippen molar-refractivity contribution in [3.63, 3.8) is 0 Å². The number of methoxy groups -OCH3 is 1. The molecule has 27 heavy (non-hydrogen) atoms. The van der Waals surface area contributed by atoms with Crippen LogP contribution in [0.3, 0.4) is 0 Å². The first-order chi connectivity index (χ1) is 13.2. The number of anilines is 1. The van der Waals surface area contributed by atoms with Crippen molar-refractivity contribution >= 4 is 12.2 Å². The van der Waals surface area contributed by atoms with Crippen molar-refractivity contribution in [2.45, 2.75) is 20.0 Å². The van der Waals surface area contributed by atoms with Crippen molar-refractivity contribution in [1.29, 1.82) is 0 Å². The number of aryl methyl sites for hydroxylation is 1. The van der Waals surface area contributed by atoms with E-state index in [0.29, 0.717) is 36.3 Å². The van der Waals surface area contributed by atoms with E-state index in [4.69, 9.17) is 15.3 Å². The molecule has 8 heteroatoms. The Morgan fingerprint density at radius 2 is 1.96 bits per heavy atom. The molecule has 0 aliphatic rings. The summed E-state index contributed by atoms with van der Waals surface area (Å²) in [4.78, 5) is 0. The van der Waals surface area contributed by atoms with Gasteiger partial charge in [0.2, 0.25) is 0 Å². The molecule has 0 bridgehead atoms. The van der Waals surface area contributed by atoms with Crippen LogP contribution in [0.2, 0.25) is 0 Å². The lowest BCUT2D eigenvalue weighted by molar-refractivity contribution is 0.284. The molecule has 3 N–H and O–H groups in total. The number of nitrogens with two attached hydrogens (primary N) is 1. The maximum atomic E-state index is 5.99. The first kappa shape index (κ1) is 18.2. The molecule has 0 spiro atoms. The maximum absolute atomic E-state index is 5.99. The smallest absolute Gasteiger partial charge is 0.263 e. The van der Waals surface area contributed by atoms with Gasteiger partial charge in [-0.1, -0.05) is 43.3 Å². The van der Waals surface area contributed by atoms with Gasteiger partial charge in [0, 0.05) is 12.0 Å². The lowest BCUT2D eigenvalue weighted by Gasteiger charge is -2.13. The summed E-state index contributed by atoms with van der Waals surface area (Å²) >= 11 is 0. The van der Waals surface area contributed by atoms with Gasteiger partial charge in [-0.25, -0.2) is 10.1 Å². The number of ether oxygens (including phenoxy) is 2. The third-order valence-corrected chi connectivity index (χ3v) is 3.91. The van der Waals surface area contributed by atoms with Crippen molar-refractivity contribution in [2.24, 2.45) is 5.10 Å². The molecule has 140 valence electrons. The van der Waals surface area contributed by atoms with Gasteiger partial charge in [0.25, 0.3) is 5.95 Å². The zero-order valence-corrected chi connectivity index (χ0v) is 15.3. The molecule has 1 aromatic heterocycles. The molecule has 3 rings (SSSR count). The van der Waals surface area contributed by atoms with Crippen LogP contribution in [0.5, 0.6) is 11.5 Å². The van der Waals surface area contributed by atoms with Gasteiger partial charge < -0.3 is 15.3 Å². The van der Waals surface area contributed by atoms with Crippen LogP contribution in [-0.4, -0.2) is 28.2 Å². The van der Waals surface area contributed by atoms with Gasteiger partial charge in [0.05, 0.1) is 13.3 Å². The van der Waals surface area contributed by atoms with Gasteiger partial charge in [-0.3, -0.25) is 0 Å². The number of rotatable bonds is 8. The topological polar surface area (TPSA) is 99.6 Å². The predicted octanol–water partition coefficient (Wildman–Crippen LogP) is 2.59. The molecular weight excluding hydrogens is 344 g/mol. The van der Waals surface area contributed by atoms with Crippen LogP contribution in [0.25, 0.3) is 0 Å². The highest BCUT2D eigenvalue weighted by molar-refractivity contribution is 5.85. The molecule has 0 saturated carbocycles. The minimum atomic E-state index is 0.359. The van der Waals surface area contributed by atoms with Gasteiger partial charge in [-0.15, -0.1) is 10.2 Å². The third kappa shape index (κ3) is 4.35. The van der Waals surface area contributed by atoms with E-state index in [1.54, 1.807) is 13.3 Å². The average Bonchev–Trinajstić information content (AvgIpc) is 3.07. The Balaban J connectivity index is 1.76. The third-order valence-electron chi connectivity index (χ3n) is 3.91. The summed E-state index contributed by atoms with van der Waals surface area (Å²) in [6.45, 7) is 2.37. The Labute approximate surface area is 157 Å². The van der Waals surface area contributed by atoms with Crippen LogP contribution in [0.1, 0.15) is 23.9 Å². The second-order valence-corrected chi connectivity index (χ2v) is 5.69.